The molecule has 2 amide bonds. The Bertz CT molecular complexity index is 349. The van der Waals surface area contributed by atoms with Gasteiger partial charge in [0, 0.05) is 19.5 Å². The minimum absolute atomic E-state index is 0.125. The molecule has 88 valence electrons. The highest BCUT2D eigenvalue weighted by atomic mass is 16.4. The van der Waals surface area contributed by atoms with Gasteiger partial charge in [0.1, 0.15) is 0 Å². The molecule has 0 aromatic rings. The van der Waals surface area contributed by atoms with Crippen molar-refractivity contribution in [2.45, 2.75) is 19.3 Å². The van der Waals surface area contributed by atoms with Crippen LogP contribution in [-0.4, -0.2) is 36.0 Å². The highest BCUT2D eigenvalue weighted by Gasteiger charge is 2.50. The third kappa shape index (κ3) is 2.00. The number of carboxylic acids is 1. The lowest BCUT2D eigenvalue weighted by atomic mass is 10.1. The standard InChI is InChI=1S/C10H14N2O4/c13-7-3-6(4-11-7)8(14)12-5-10(1-2-10)9(15)16/h6H,1-5H2,(H,11,13)(H,12,14)(H,15,16). The van der Waals surface area contributed by atoms with Crippen molar-refractivity contribution in [3.63, 3.8) is 0 Å². The van der Waals surface area contributed by atoms with Gasteiger partial charge in [-0.3, -0.25) is 14.4 Å². The Kier molecular flexibility index (Phi) is 2.57. The van der Waals surface area contributed by atoms with Gasteiger partial charge >= 0.3 is 5.97 Å². The fraction of sp³-hybridized carbons (Fsp3) is 0.700. The lowest BCUT2D eigenvalue weighted by molar-refractivity contribution is -0.143. The molecule has 2 aliphatic rings. The second-order valence-corrected chi connectivity index (χ2v) is 4.51. The summed E-state index contributed by atoms with van der Waals surface area (Å²) >= 11 is 0. The maximum Gasteiger partial charge on any atom is 0.311 e. The molecule has 0 bridgehead atoms. The summed E-state index contributed by atoms with van der Waals surface area (Å²) in [6, 6.07) is 0. The number of nitrogens with one attached hydrogen (secondary N) is 2. The summed E-state index contributed by atoms with van der Waals surface area (Å²) in [5, 5.41) is 14.1. The van der Waals surface area contributed by atoms with Crippen LogP contribution >= 0.6 is 0 Å². The van der Waals surface area contributed by atoms with Crippen molar-refractivity contribution in [2.75, 3.05) is 13.1 Å². The van der Waals surface area contributed by atoms with Gasteiger partial charge in [0.25, 0.3) is 0 Å². The molecule has 1 aliphatic carbocycles. The lowest BCUT2D eigenvalue weighted by Crippen LogP contribution is -2.38. The first kappa shape index (κ1) is 10.9. The molecule has 6 nitrogen and oxygen atoms in total. The molecule has 1 heterocycles. The van der Waals surface area contributed by atoms with Gasteiger partial charge in [0.2, 0.25) is 11.8 Å². The Morgan fingerprint density at radius 1 is 1.50 bits per heavy atom. The van der Waals surface area contributed by atoms with Gasteiger partial charge in [0.15, 0.2) is 0 Å². The molecule has 0 radical (unpaired) electrons. The van der Waals surface area contributed by atoms with Gasteiger partial charge in [-0.05, 0) is 12.8 Å². The molecule has 0 aromatic carbocycles. The van der Waals surface area contributed by atoms with Crippen molar-refractivity contribution in [3.05, 3.63) is 0 Å². The van der Waals surface area contributed by atoms with Crippen LogP contribution in [0.25, 0.3) is 0 Å². The number of carbonyl (C=O) groups is 3. The van der Waals surface area contributed by atoms with Crippen LogP contribution in [0.1, 0.15) is 19.3 Å². The fourth-order valence-corrected chi connectivity index (χ4v) is 1.81. The van der Waals surface area contributed by atoms with E-state index in [0.717, 1.165) is 0 Å². The van der Waals surface area contributed by atoms with Crippen LogP contribution in [0.4, 0.5) is 0 Å². The first-order valence-corrected chi connectivity index (χ1v) is 5.31. The minimum Gasteiger partial charge on any atom is -0.481 e. The Labute approximate surface area is 92.4 Å². The van der Waals surface area contributed by atoms with Crippen molar-refractivity contribution in [1.29, 1.82) is 0 Å². The van der Waals surface area contributed by atoms with E-state index in [1.54, 1.807) is 0 Å². The largest absolute Gasteiger partial charge is 0.481 e. The number of rotatable bonds is 4. The Hall–Kier alpha value is -1.59. The third-order valence-electron chi connectivity index (χ3n) is 3.26. The molecule has 1 saturated heterocycles. The monoisotopic (exact) mass is 226 g/mol. The maximum atomic E-state index is 11.6. The van der Waals surface area contributed by atoms with E-state index in [-0.39, 0.29) is 30.7 Å². The molecule has 16 heavy (non-hydrogen) atoms. The Morgan fingerprint density at radius 3 is 2.62 bits per heavy atom. The quantitative estimate of drug-likeness (QED) is 0.579. The second-order valence-electron chi connectivity index (χ2n) is 4.51. The summed E-state index contributed by atoms with van der Waals surface area (Å²) in [5.41, 5.74) is -0.744. The van der Waals surface area contributed by atoms with Crippen LogP contribution in [0.3, 0.4) is 0 Å². The van der Waals surface area contributed by atoms with Crippen LogP contribution in [0, 0.1) is 11.3 Å². The number of hydrogen-bond acceptors (Lipinski definition) is 3. The molecule has 1 atom stereocenters. The number of carboxylic acid groups (broad SMARTS) is 1. The summed E-state index contributed by atoms with van der Waals surface area (Å²) in [7, 11) is 0. The second kappa shape index (κ2) is 3.77. The van der Waals surface area contributed by atoms with E-state index >= 15 is 0 Å². The molecule has 1 unspecified atom stereocenters. The van der Waals surface area contributed by atoms with E-state index in [9.17, 15) is 14.4 Å². The average Bonchev–Trinajstić information content (AvgIpc) is 2.92. The van der Waals surface area contributed by atoms with Crippen LogP contribution in [-0.2, 0) is 14.4 Å². The molecule has 2 rings (SSSR count). The number of hydrogen-bond donors (Lipinski definition) is 3. The minimum atomic E-state index is -0.853. The number of amides is 2. The SMILES string of the molecule is O=C1CC(C(=O)NCC2(C(=O)O)CC2)CN1. The van der Waals surface area contributed by atoms with E-state index in [1.807, 2.05) is 0 Å². The Balaban J connectivity index is 1.80. The van der Waals surface area contributed by atoms with Crippen molar-refractivity contribution in [1.82, 2.24) is 10.6 Å². The molecule has 0 spiro atoms. The predicted molar refractivity (Wildman–Crippen MR) is 53.4 cm³/mol. The fourth-order valence-electron chi connectivity index (χ4n) is 1.81. The summed E-state index contributed by atoms with van der Waals surface area (Å²) < 4.78 is 0. The van der Waals surface area contributed by atoms with Gasteiger partial charge in [-0.1, -0.05) is 0 Å². The van der Waals surface area contributed by atoms with E-state index in [1.165, 1.54) is 0 Å². The third-order valence-corrected chi connectivity index (χ3v) is 3.26. The maximum absolute atomic E-state index is 11.6. The summed E-state index contributed by atoms with van der Waals surface area (Å²) in [5.74, 6) is -1.56. The van der Waals surface area contributed by atoms with E-state index < -0.39 is 11.4 Å². The summed E-state index contributed by atoms with van der Waals surface area (Å²) in [6.45, 7) is 0.524. The zero-order valence-corrected chi connectivity index (χ0v) is 8.78. The van der Waals surface area contributed by atoms with Crippen molar-refractivity contribution in [2.24, 2.45) is 11.3 Å². The van der Waals surface area contributed by atoms with Gasteiger partial charge in [-0.25, -0.2) is 0 Å². The molecule has 3 N–H and O–H groups in total. The lowest BCUT2D eigenvalue weighted by Gasteiger charge is -2.13. The number of aliphatic carboxylic acids is 1. The normalized spacial score (nSPS) is 26.0. The van der Waals surface area contributed by atoms with E-state index in [4.69, 9.17) is 5.11 Å². The van der Waals surface area contributed by atoms with Gasteiger partial charge in [-0.2, -0.15) is 0 Å². The van der Waals surface area contributed by atoms with Gasteiger partial charge in [0.05, 0.1) is 11.3 Å². The summed E-state index contributed by atoms with van der Waals surface area (Å²) in [6.07, 6.45) is 1.43. The van der Waals surface area contributed by atoms with Gasteiger partial charge < -0.3 is 15.7 Å². The van der Waals surface area contributed by atoms with Crippen molar-refractivity contribution in [3.8, 4) is 0 Å². The molecule has 2 fully saturated rings. The van der Waals surface area contributed by atoms with Crippen LogP contribution in [0.2, 0.25) is 0 Å². The van der Waals surface area contributed by atoms with E-state index in [2.05, 4.69) is 10.6 Å². The van der Waals surface area contributed by atoms with Gasteiger partial charge in [-0.15, -0.1) is 0 Å². The number of carbonyl (C=O) groups excluding carboxylic acids is 2. The molecule has 6 heteroatoms. The Morgan fingerprint density at radius 2 is 2.19 bits per heavy atom. The first-order valence-electron chi connectivity index (χ1n) is 5.31. The van der Waals surface area contributed by atoms with Crippen LogP contribution < -0.4 is 10.6 Å². The summed E-state index contributed by atoms with van der Waals surface area (Å²) in [4.78, 5) is 33.3. The molecule has 1 aliphatic heterocycles. The first-order chi connectivity index (χ1) is 7.53. The topological polar surface area (TPSA) is 95.5 Å². The van der Waals surface area contributed by atoms with Crippen molar-refractivity contribution < 1.29 is 19.5 Å². The molecular formula is C10H14N2O4. The van der Waals surface area contributed by atoms with Crippen molar-refractivity contribution >= 4 is 17.8 Å². The van der Waals surface area contributed by atoms with Crippen LogP contribution in [0.15, 0.2) is 0 Å². The molecular weight excluding hydrogens is 212 g/mol. The van der Waals surface area contributed by atoms with Crippen LogP contribution in [0.5, 0.6) is 0 Å². The van der Waals surface area contributed by atoms with E-state index in [0.29, 0.717) is 19.4 Å². The zero-order valence-electron chi connectivity index (χ0n) is 8.78. The highest BCUT2D eigenvalue weighted by molar-refractivity contribution is 5.89. The smallest absolute Gasteiger partial charge is 0.311 e. The average molecular weight is 226 g/mol. The molecule has 0 aromatic heterocycles. The zero-order chi connectivity index (χ0) is 11.8. The highest BCUT2D eigenvalue weighted by Crippen LogP contribution is 2.45. The molecule has 1 saturated carbocycles. The predicted octanol–water partition coefficient (Wildman–Crippen LogP) is -0.896.